The van der Waals surface area contributed by atoms with Gasteiger partial charge in [0.15, 0.2) is 5.17 Å². The SMILES string of the molecule is O=c1[nH]c(CNC2=NCCCS2)cs1. The molecule has 0 fully saturated rings. The van der Waals surface area contributed by atoms with Crippen molar-refractivity contribution < 1.29 is 0 Å². The molecule has 1 aliphatic rings. The predicted molar refractivity (Wildman–Crippen MR) is 61.2 cm³/mol. The van der Waals surface area contributed by atoms with Gasteiger partial charge in [0.1, 0.15) is 0 Å². The molecule has 0 radical (unpaired) electrons. The topological polar surface area (TPSA) is 57.2 Å². The van der Waals surface area contributed by atoms with Crippen LogP contribution in [0.3, 0.4) is 0 Å². The summed E-state index contributed by atoms with van der Waals surface area (Å²) in [6.45, 7) is 1.57. The van der Waals surface area contributed by atoms with Gasteiger partial charge in [-0.15, -0.1) is 0 Å². The molecule has 0 unspecified atom stereocenters. The molecule has 6 heteroatoms. The molecule has 0 saturated heterocycles. The largest absolute Gasteiger partial charge is 0.359 e. The summed E-state index contributed by atoms with van der Waals surface area (Å²) in [6.07, 6.45) is 1.16. The summed E-state index contributed by atoms with van der Waals surface area (Å²) in [5.41, 5.74) is 0.925. The van der Waals surface area contributed by atoms with Gasteiger partial charge in [-0.05, 0) is 6.42 Å². The molecule has 1 aromatic rings. The molecule has 0 amide bonds. The first-order chi connectivity index (χ1) is 6.84. The molecule has 0 bridgehead atoms. The number of aromatic nitrogens is 1. The summed E-state index contributed by atoms with van der Waals surface area (Å²) in [4.78, 5) is 17.9. The Hall–Kier alpha value is -0.750. The normalized spacial score (nSPS) is 16.4. The van der Waals surface area contributed by atoms with Crippen LogP contribution in [0.5, 0.6) is 0 Å². The van der Waals surface area contributed by atoms with E-state index in [0.717, 1.165) is 29.6 Å². The second kappa shape index (κ2) is 4.65. The van der Waals surface area contributed by atoms with Gasteiger partial charge in [-0.2, -0.15) is 0 Å². The highest BCUT2D eigenvalue weighted by Crippen LogP contribution is 2.10. The smallest absolute Gasteiger partial charge is 0.304 e. The summed E-state index contributed by atoms with van der Waals surface area (Å²) in [6, 6.07) is 0. The first-order valence-corrected chi connectivity index (χ1v) is 6.29. The van der Waals surface area contributed by atoms with Gasteiger partial charge >= 0.3 is 4.87 Å². The van der Waals surface area contributed by atoms with Crippen LogP contribution in [0.4, 0.5) is 0 Å². The van der Waals surface area contributed by atoms with Gasteiger partial charge in [-0.3, -0.25) is 9.79 Å². The third-order valence-electron chi connectivity index (χ3n) is 1.80. The van der Waals surface area contributed by atoms with E-state index in [-0.39, 0.29) is 4.87 Å². The summed E-state index contributed by atoms with van der Waals surface area (Å²) < 4.78 is 0. The fourth-order valence-electron chi connectivity index (χ4n) is 1.14. The minimum Gasteiger partial charge on any atom is -0.359 e. The number of H-pyrrole nitrogens is 1. The standard InChI is InChI=1S/C8H11N3OS2/c12-8-11-6(5-14-8)4-10-7-9-2-1-3-13-7/h5H,1-4H2,(H,9,10)(H,11,12). The van der Waals surface area contributed by atoms with Crippen molar-refractivity contribution >= 4 is 28.3 Å². The molecule has 0 atom stereocenters. The number of hydrogen-bond donors (Lipinski definition) is 2. The number of aromatic amines is 1. The zero-order valence-corrected chi connectivity index (χ0v) is 9.21. The quantitative estimate of drug-likeness (QED) is 0.796. The molecule has 14 heavy (non-hydrogen) atoms. The first kappa shape index (κ1) is 9.79. The van der Waals surface area contributed by atoms with Crippen molar-refractivity contribution in [3.05, 3.63) is 20.7 Å². The van der Waals surface area contributed by atoms with Crippen molar-refractivity contribution in [2.75, 3.05) is 12.3 Å². The number of hydrogen-bond acceptors (Lipinski definition) is 5. The monoisotopic (exact) mass is 229 g/mol. The van der Waals surface area contributed by atoms with Crippen molar-refractivity contribution in [3.63, 3.8) is 0 Å². The molecule has 0 spiro atoms. The molecule has 0 saturated carbocycles. The van der Waals surface area contributed by atoms with Crippen LogP contribution in [0.15, 0.2) is 15.2 Å². The Morgan fingerprint density at radius 1 is 1.64 bits per heavy atom. The third kappa shape index (κ3) is 2.62. The molecule has 4 nitrogen and oxygen atoms in total. The maximum atomic E-state index is 10.8. The molecule has 0 aromatic carbocycles. The van der Waals surface area contributed by atoms with Gasteiger partial charge in [0, 0.05) is 23.4 Å². The van der Waals surface area contributed by atoms with Gasteiger partial charge in [-0.1, -0.05) is 23.1 Å². The Kier molecular flexibility index (Phi) is 3.26. The number of aliphatic imine (C=N–C) groups is 1. The average molecular weight is 229 g/mol. The lowest BCUT2D eigenvalue weighted by molar-refractivity contribution is 0.861. The van der Waals surface area contributed by atoms with Gasteiger partial charge in [-0.25, -0.2) is 0 Å². The molecule has 2 N–H and O–H groups in total. The summed E-state index contributed by atoms with van der Waals surface area (Å²) in [5.74, 6) is 1.13. The Bertz CT molecular complexity index is 382. The van der Waals surface area contributed by atoms with E-state index in [0.29, 0.717) is 6.54 Å². The van der Waals surface area contributed by atoms with Crippen LogP contribution < -0.4 is 10.2 Å². The van der Waals surface area contributed by atoms with Crippen LogP contribution in [0.1, 0.15) is 12.1 Å². The van der Waals surface area contributed by atoms with Crippen molar-refractivity contribution in [1.82, 2.24) is 10.3 Å². The fraction of sp³-hybridized carbons (Fsp3) is 0.500. The molecule has 2 rings (SSSR count). The van der Waals surface area contributed by atoms with Crippen molar-refractivity contribution in [3.8, 4) is 0 Å². The van der Waals surface area contributed by atoms with Crippen LogP contribution in [-0.4, -0.2) is 22.4 Å². The van der Waals surface area contributed by atoms with Crippen LogP contribution in [0.25, 0.3) is 0 Å². The van der Waals surface area contributed by atoms with E-state index in [9.17, 15) is 4.79 Å². The maximum Gasteiger partial charge on any atom is 0.304 e. The van der Waals surface area contributed by atoms with Crippen LogP contribution >= 0.6 is 23.1 Å². The lowest BCUT2D eigenvalue weighted by atomic mass is 10.5. The Labute approximate surface area is 89.8 Å². The molecule has 0 aliphatic carbocycles. The van der Waals surface area contributed by atoms with E-state index in [1.807, 2.05) is 5.38 Å². The summed E-state index contributed by atoms with van der Waals surface area (Å²) in [7, 11) is 0. The van der Waals surface area contributed by atoms with E-state index >= 15 is 0 Å². The van der Waals surface area contributed by atoms with Gasteiger partial charge in [0.25, 0.3) is 0 Å². The van der Waals surface area contributed by atoms with E-state index in [1.54, 1.807) is 11.8 Å². The minimum absolute atomic E-state index is 0.0000333. The van der Waals surface area contributed by atoms with Gasteiger partial charge < -0.3 is 10.3 Å². The number of thiazole rings is 1. The molecule has 1 aromatic heterocycles. The van der Waals surface area contributed by atoms with Crippen molar-refractivity contribution in [2.24, 2.45) is 4.99 Å². The van der Waals surface area contributed by atoms with E-state index in [1.165, 1.54) is 11.3 Å². The van der Waals surface area contributed by atoms with Crippen LogP contribution in [-0.2, 0) is 6.54 Å². The van der Waals surface area contributed by atoms with E-state index in [4.69, 9.17) is 0 Å². The zero-order valence-electron chi connectivity index (χ0n) is 7.58. The predicted octanol–water partition coefficient (Wildman–Crippen LogP) is 1.02. The highest BCUT2D eigenvalue weighted by Gasteiger charge is 2.05. The number of amidine groups is 1. The van der Waals surface area contributed by atoms with Crippen LogP contribution in [0.2, 0.25) is 0 Å². The lowest BCUT2D eigenvalue weighted by Crippen LogP contribution is -2.23. The fourth-order valence-corrected chi connectivity index (χ4v) is 2.54. The van der Waals surface area contributed by atoms with E-state index in [2.05, 4.69) is 15.3 Å². The highest BCUT2D eigenvalue weighted by atomic mass is 32.2. The highest BCUT2D eigenvalue weighted by molar-refractivity contribution is 8.13. The number of thioether (sulfide) groups is 1. The number of nitrogens with zero attached hydrogens (tertiary/aromatic N) is 1. The van der Waals surface area contributed by atoms with Crippen molar-refractivity contribution in [1.29, 1.82) is 0 Å². The van der Waals surface area contributed by atoms with Gasteiger partial charge in [0.05, 0.1) is 6.54 Å². The molecular formula is C8H11N3OS2. The number of rotatable bonds is 2. The van der Waals surface area contributed by atoms with Gasteiger partial charge in [0.2, 0.25) is 0 Å². The van der Waals surface area contributed by atoms with Crippen molar-refractivity contribution in [2.45, 2.75) is 13.0 Å². The Balaban J connectivity index is 1.87. The zero-order chi connectivity index (χ0) is 9.80. The second-order valence-electron chi connectivity index (χ2n) is 2.92. The molecule has 1 aliphatic heterocycles. The summed E-state index contributed by atoms with van der Waals surface area (Å²) in [5, 5.41) is 6.03. The molecule has 2 heterocycles. The maximum absolute atomic E-state index is 10.8. The molecule has 76 valence electrons. The average Bonchev–Trinajstić information content (AvgIpc) is 2.63. The lowest BCUT2D eigenvalue weighted by Gasteiger charge is -2.12. The summed E-state index contributed by atoms with van der Waals surface area (Å²) >= 11 is 2.93. The Morgan fingerprint density at radius 2 is 2.57 bits per heavy atom. The second-order valence-corrected chi connectivity index (χ2v) is 4.84. The third-order valence-corrected chi connectivity index (χ3v) is 3.56. The molecular weight excluding hydrogens is 218 g/mol. The number of nitrogens with one attached hydrogen (secondary N) is 2. The van der Waals surface area contributed by atoms with E-state index < -0.39 is 0 Å². The minimum atomic E-state index is 0.0000333. The Morgan fingerprint density at radius 3 is 3.21 bits per heavy atom. The van der Waals surface area contributed by atoms with Crippen LogP contribution in [0, 0.1) is 0 Å². The first-order valence-electron chi connectivity index (χ1n) is 4.42.